The zero-order valence-corrected chi connectivity index (χ0v) is 13.2. The van der Waals surface area contributed by atoms with Crippen molar-refractivity contribution in [1.82, 2.24) is 10.3 Å². The maximum Gasteiger partial charge on any atom is 0.146 e. The zero-order chi connectivity index (χ0) is 14.7. The van der Waals surface area contributed by atoms with Crippen LogP contribution in [0.2, 0.25) is 0 Å². The van der Waals surface area contributed by atoms with Crippen LogP contribution >= 0.6 is 15.9 Å². The molecule has 0 atom stereocenters. The van der Waals surface area contributed by atoms with Crippen molar-refractivity contribution in [3.63, 3.8) is 0 Å². The Morgan fingerprint density at radius 1 is 1.14 bits per heavy atom. The van der Waals surface area contributed by atoms with Gasteiger partial charge in [0.1, 0.15) is 11.5 Å². The summed E-state index contributed by atoms with van der Waals surface area (Å²) < 4.78 is 6.93. The molecule has 21 heavy (non-hydrogen) atoms. The van der Waals surface area contributed by atoms with Gasteiger partial charge >= 0.3 is 0 Å². The first-order valence-electron chi connectivity index (χ1n) is 6.71. The van der Waals surface area contributed by atoms with Gasteiger partial charge in [-0.1, -0.05) is 30.3 Å². The molecule has 1 aromatic heterocycles. The second-order valence-corrected chi connectivity index (χ2v) is 5.55. The molecule has 0 amide bonds. The van der Waals surface area contributed by atoms with Gasteiger partial charge in [0.25, 0.3) is 0 Å². The molecule has 0 spiro atoms. The summed E-state index contributed by atoms with van der Waals surface area (Å²) in [6.45, 7) is 0.767. The summed E-state index contributed by atoms with van der Waals surface area (Å²) in [6, 6.07) is 14.2. The van der Waals surface area contributed by atoms with Gasteiger partial charge < -0.3 is 10.1 Å². The van der Waals surface area contributed by atoms with Crippen LogP contribution in [-0.2, 0) is 6.54 Å². The molecule has 3 rings (SSSR count). The van der Waals surface area contributed by atoms with Crippen LogP contribution in [0.3, 0.4) is 0 Å². The van der Waals surface area contributed by atoms with Crippen LogP contribution in [0, 0.1) is 0 Å². The van der Waals surface area contributed by atoms with Crippen molar-refractivity contribution in [3.8, 4) is 11.5 Å². The third kappa shape index (κ3) is 3.06. The van der Waals surface area contributed by atoms with Crippen molar-refractivity contribution >= 4 is 26.7 Å². The number of nitrogens with one attached hydrogen (secondary N) is 1. The lowest BCUT2D eigenvalue weighted by molar-refractivity contribution is 0.477. The molecule has 4 heteroatoms. The summed E-state index contributed by atoms with van der Waals surface area (Å²) in [5.74, 6) is 1.52. The lowest BCUT2D eigenvalue weighted by atomic mass is 10.1. The van der Waals surface area contributed by atoms with Gasteiger partial charge in [-0.05, 0) is 51.4 Å². The molecule has 0 saturated heterocycles. The van der Waals surface area contributed by atoms with Crippen LogP contribution in [0.1, 0.15) is 5.56 Å². The van der Waals surface area contributed by atoms with Crippen molar-refractivity contribution in [2.75, 3.05) is 7.05 Å². The van der Waals surface area contributed by atoms with E-state index in [1.165, 1.54) is 5.39 Å². The third-order valence-corrected chi connectivity index (χ3v) is 4.02. The van der Waals surface area contributed by atoms with E-state index in [0.717, 1.165) is 33.5 Å². The molecule has 0 fully saturated rings. The molecule has 0 aliphatic rings. The Morgan fingerprint density at radius 3 is 2.86 bits per heavy atom. The van der Waals surface area contributed by atoms with Crippen LogP contribution in [0.15, 0.2) is 59.3 Å². The summed E-state index contributed by atoms with van der Waals surface area (Å²) in [7, 11) is 1.91. The summed E-state index contributed by atoms with van der Waals surface area (Å²) in [5.41, 5.74) is 1.09. The Labute approximate surface area is 132 Å². The van der Waals surface area contributed by atoms with Crippen LogP contribution in [0.4, 0.5) is 0 Å². The fraction of sp³-hybridized carbons (Fsp3) is 0.118. The molecule has 0 saturated carbocycles. The van der Waals surface area contributed by atoms with Crippen LogP contribution < -0.4 is 10.1 Å². The minimum Gasteiger partial charge on any atom is -0.455 e. The minimum atomic E-state index is 0.735. The third-order valence-electron chi connectivity index (χ3n) is 3.21. The van der Waals surface area contributed by atoms with E-state index in [0.29, 0.717) is 0 Å². The number of hydrogen-bond donors (Lipinski definition) is 1. The Bertz CT molecular complexity index is 774. The molecule has 0 bridgehead atoms. The highest BCUT2D eigenvalue weighted by Crippen LogP contribution is 2.35. The van der Waals surface area contributed by atoms with E-state index in [1.54, 1.807) is 6.20 Å². The lowest BCUT2D eigenvalue weighted by Gasteiger charge is -2.10. The molecule has 1 N–H and O–H groups in total. The number of benzene rings is 2. The van der Waals surface area contributed by atoms with Crippen molar-refractivity contribution in [1.29, 1.82) is 0 Å². The monoisotopic (exact) mass is 342 g/mol. The summed E-state index contributed by atoms with van der Waals surface area (Å²) in [4.78, 5) is 4.21. The van der Waals surface area contributed by atoms with Crippen molar-refractivity contribution in [2.24, 2.45) is 0 Å². The normalized spacial score (nSPS) is 10.8. The van der Waals surface area contributed by atoms with E-state index in [-0.39, 0.29) is 0 Å². The molecule has 0 aliphatic carbocycles. The van der Waals surface area contributed by atoms with Gasteiger partial charge in [-0.3, -0.25) is 4.98 Å². The molecular formula is C17H15BrN2O. The Morgan fingerprint density at radius 2 is 2.00 bits per heavy atom. The number of ether oxygens (including phenoxy) is 1. The van der Waals surface area contributed by atoms with Crippen LogP contribution in [0.5, 0.6) is 11.5 Å². The van der Waals surface area contributed by atoms with E-state index < -0.39 is 0 Å². The van der Waals surface area contributed by atoms with Gasteiger partial charge in [-0.2, -0.15) is 0 Å². The van der Waals surface area contributed by atoms with E-state index in [9.17, 15) is 0 Å². The van der Waals surface area contributed by atoms with E-state index >= 15 is 0 Å². The maximum atomic E-state index is 5.97. The second-order valence-electron chi connectivity index (χ2n) is 4.76. The molecule has 0 radical (unpaired) electrons. The predicted molar refractivity (Wildman–Crippen MR) is 88.7 cm³/mol. The summed E-state index contributed by atoms with van der Waals surface area (Å²) in [5, 5.41) is 5.42. The molecule has 0 unspecified atom stereocenters. The topological polar surface area (TPSA) is 34.2 Å². The van der Waals surface area contributed by atoms with Crippen molar-refractivity contribution < 1.29 is 4.74 Å². The van der Waals surface area contributed by atoms with Crippen molar-refractivity contribution in [3.05, 3.63) is 64.9 Å². The first-order chi connectivity index (χ1) is 10.3. The summed E-state index contributed by atoms with van der Waals surface area (Å²) in [6.07, 6.45) is 3.56. The maximum absolute atomic E-state index is 5.97. The number of hydrogen-bond acceptors (Lipinski definition) is 3. The quantitative estimate of drug-likeness (QED) is 0.757. The number of pyridine rings is 1. The fourth-order valence-electron chi connectivity index (χ4n) is 2.24. The number of rotatable bonds is 4. The highest BCUT2D eigenvalue weighted by molar-refractivity contribution is 9.10. The Balaban J connectivity index is 1.94. The van der Waals surface area contributed by atoms with Gasteiger partial charge in [-0.25, -0.2) is 0 Å². The fourth-order valence-corrected chi connectivity index (χ4v) is 2.81. The molecule has 2 aromatic carbocycles. The van der Waals surface area contributed by atoms with Gasteiger partial charge in [-0.15, -0.1) is 0 Å². The molecule has 1 heterocycles. The molecule has 3 aromatic rings. The van der Waals surface area contributed by atoms with Gasteiger partial charge in [0.15, 0.2) is 0 Å². The smallest absolute Gasteiger partial charge is 0.146 e. The lowest BCUT2D eigenvalue weighted by Crippen LogP contribution is -2.05. The number of fused-ring (bicyclic) bond motifs is 1. The summed E-state index contributed by atoms with van der Waals surface area (Å²) >= 11 is 3.63. The number of nitrogens with zero attached hydrogens (tertiary/aromatic N) is 1. The number of halogens is 1. The largest absolute Gasteiger partial charge is 0.455 e. The average Bonchev–Trinajstić information content (AvgIpc) is 2.51. The molecule has 106 valence electrons. The van der Waals surface area contributed by atoms with E-state index in [1.807, 2.05) is 37.5 Å². The van der Waals surface area contributed by atoms with E-state index in [2.05, 4.69) is 44.4 Å². The first kappa shape index (κ1) is 14.0. The average molecular weight is 343 g/mol. The molecule has 0 aliphatic heterocycles. The van der Waals surface area contributed by atoms with Crippen molar-refractivity contribution in [2.45, 2.75) is 6.54 Å². The van der Waals surface area contributed by atoms with Crippen LogP contribution in [-0.4, -0.2) is 12.0 Å². The highest BCUT2D eigenvalue weighted by Gasteiger charge is 2.07. The highest BCUT2D eigenvalue weighted by atomic mass is 79.9. The molecular weight excluding hydrogens is 328 g/mol. The van der Waals surface area contributed by atoms with Gasteiger partial charge in [0.2, 0.25) is 0 Å². The molecule has 3 nitrogen and oxygen atoms in total. The number of aromatic nitrogens is 1. The standard InChI is InChI=1S/C17H15BrN2O/c1-19-9-12-8-14(11-20-10-12)21-16-7-6-13-4-2-3-5-15(13)17(16)18/h2-8,10-11,19H,9H2,1H3. The Kier molecular flexibility index (Phi) is 4.18. The Hall–Kier alpha value is -1.91. The SMILES string of the molecule is CNCc1cncc(Oc2ccc3ccccc3c2Br)c1. The van der Waals surface area contributed by atoms with Gasteiger partial charge in [0.05, 0.1) is 10.7 Å². The zero-order valence-electron chi connectivity index (χ0n) is 11.6. The van der Waals surface area contributed by atoms with E-state index in [4.69, 9.17) is 4.74 Å². The minimum absolute atomic E-state index is 0.735. The van der Waals surface area contributed by atoms with Crippen LogP contribution in [0.25, 0.3) is 10.8 Å². The van der Waals surface area contributed by atoms with Gasteiger partial charge in [0, 0.05) is 12.7 Å². The predicted octanol–water partition coefficient (Wildman–Crippen LogP) is 4.51. The second kappa shape index (κ2) is 6.24. The first-order valence-corrected chi connectivity index (χ1v) is 7.51.